The molecule has 1 aliphatic rings. The molecule has 3 N–H and O–H groups in total. The summed E-state index contributed by atoms with van der Waals surface area (Å²) >= 11 is 0. The van der Waals surface area contributed by atoms with Crippen molar-refractivity contribution in [1.29, 1.82) is 0 Å². The zero-order valence-electron chi connectivity index (χ0n) is 10.4. The summed E-state index contributed by atoms with van der Waals surface area (Å²) in [5, 5.41) is 12.1. The fourth-order valence-corrected chi connectivity index (χ4v) is 1.80. The SMILES string of the molecule is O=C(O)N[C@H]1CCCCN(C(=O)NCC(F)(F)F)C1=O. The third-order valence-electron chi connectivity index (χ3n) is 2.67. The molecule has 0 aromatic rings. The summed E-state index contributed by atoms with van der Waals surface area (Å²) in [6, 6.07) is -2.29. The molecule has 1 atom stereocenters. The third-order valence-corrected chi connectivity index (χ3v) is 2.67. The summed E-state index contributed by atoms with van der Waals surface area (Å²) in [5.74, 6) is -0.843. The van der Waals surface area contributed by atoms with Crippen LogP contribution in [0.25, 0.3) is 0 Å². The number of likely N-dealkylation sites (tertiary alicyclic amines) is 1. The van der Waals surface area contributed by atoms with Crippen molar-refractivity contribution in [2.24, 2.45) is 0 Å². The number of carbonyl (C=O) groups excluding carboxylic acids is 2. The molecule has 20 heavy (non-hydrogen) atoms. The molecule has 1 rings (SSSR count). The van der Waals surface area contributed by atoms with Crippen LogP contribution in [0, 0.1) is 0 Å². The van der Waals surface area contributed by atoms with Crippen LogP contribution in [0.1, 0.15) is 19.3 Å². The summed E-state index contributed by atoms with van der Waals surface area (Å²) in [6.07, 6.45) is -4.92. The molecular formula is C10H14F3N3O4. The number of carbonyl (C=O) groups is 3. The van der Waals surface area contributed by atoms with E-state index in [-0.39, 0.29) is 13.0 Å². The Bertz CT molecular complexity index is 400. The van der Waals surface area contributed by atoms with Crippen molar-refractivity contribution in [1.82, 2.24) is 15.5 Å². The van der Waals surface area contributed by atoms with Gasteiger partial charge in [-0.25, -0.2) is 9.59 Å². The van der Waals surface area contributed by atoms with Crippen LogP contribution in [-0.2, 0) is 4.79 Å². The number of nitrogens with zero attached hydrogens (tertiary/aromatic N) is 1. The first-order valence-corrected chi connectivity index (χ1v) is 5.86. The van der Waals surface area contributed by atoms with E-state index >= 15 is 0 Å². The molecule has 0 unspecified atom stereocenters. The van der Waals surface area contributed by atoms with E-state index in [4.69, 9.17) is 5.11 Å². The minimum absolute atomic E-state index is 0.0413. The number of amides is 4. The topological polar surface area (TPSA) is 98.7 Å². The predicted octanol–water partition coefficient (Wildman–Crippen LogP) is 0.907. The number of nitrogens with one attached hydrogen (secondary N) is 2. The molecule has 1 heterocycles. The van der Waals surface area contributed by atoms with Gasteiger partial charge < -0.3 is 15.7 Å². The van der Waals surface area contributed by atoms with E-state index in [1.54, 1.807) is 5.32 Å². The van der Waals surface area contributed by atoms with Gasteiger partial charge in [0.1, 0.15) is 12.6 Å². The molecule has 0 aromatic heterocycles. The Hall–Kier alpha value is -2.00. The fraction of sp³-hybridized carbons (Fsp3) is 0.700. The normalized spacial score (nSPS) is 20.2. The molecule has 1 fully saturated rings. The second-order valence-corrected chi connectivity index (χ2v) is 4.26. The highest BCUT2D eigenvalue weighted by Gasteiger charge is 2.34. The maximum absolute atomic E-state index is 12.0. The second kappa shape index (κ2) is 6.44. The van der Waals surface area contributed by atoms with Gasteiger partial charge in [0.25, 0.3) is 5.91 Å². The van der Waals surface area contributed by atoms with E-state index in [0.29, 0.717) is 17.7 Å². The number of halogens is 3. The quantitative estimate of drug-likeness (QED) is 0.705. The summed E-state index contributed by atoms with van der Waals surface area (Å²) in [5.41, 5.74) is 0. The Morgan fingerprint density at radius 1 is 1.35 bits per heavy atom. The van der Waals surface area contributed by atoms with Crippen molar-refractivity contribution in [2.75, 3.05) is 13.1 Å². The molecular weight excluding hydrogens is 283 g/mol. The summed E-state index contributed by atoms with van der Waals surface area (Å²) in [4.78, 5) is 34.6. The molecule has 0 aliphatic carbocycles. The van der Waals surface area contributed by atoms with Crippen molar-refractivity contribution in [3.63, 3.8) is 0 Å². The van der Waals surface area contributed by atoms with E-state index in [2.05, 4.69) is 0 Å². The Morgan fingerprint density at radius 3 is 2.55 bits per heavy atom. The van der Waals surface area contributed by atoms with Gasteiger partial charge in [0, 0.05) is 6.54 Å². The lowest BCUT2D eigenvalue weighted by Gasteiger charge is -2.23. The first-order valence-electron chi connectivity index (χ1n) is 5.86. The molecule has 7 nitrogen and oxygen atoms in total. The molecule has 0 bridgehead atoms. The van der Waals surface area contributed by atoms with Crippen LogP contribution in [0.2, 0.25) is 0 Å². The molecule has 0 radical (unpaired) electrons. The summed E-state index contributed by atoms with van der Waals surface area (Å²) < 4.78 is 36.0. The maximum Gasteiger partial charge on any atom is 0.405 e. The van der Waals surface area contributed by atoms with Crippen molar-refractivity contribution in [3.05, 3.63) is 0 Å². The van der Waals surface area contributed by atoms with Gasteiger partial charge in [-0.2, -0.15) is 13.2 Å². The molecule has 1 saturated heterocycles. The smallest absolute Gasteiger partial charge is 0.405 e. The van der Waals surface area contributed by atoms with Gasteiger partial charge in [0.05, 0.1) is 0 Å². The van der Waals surface area contributed by atoms with Gasteiger partial charge in [-0.05, 0) is 19.3 Å². The van der Waals surface area contributed by atoms with Crippen LogP contribution >= 0.6 is 0 Å². The van der Waals surface area contributed by atoms with Crippen LogP contribution in [0.3, 0.4) is 0 Å². The molecule has 10 heteroatoms. The lowest BCUT2D eigenvalue weighted by molar-refractivity contribution is -0.132. The highest BCUT2D eigenvalue weighted by Crippen LogP contribution is 2.15. The zero-order valence-corrected chi connectivity index (χ0v) is 10.4. The Balaban J connectivity index is 2.68. The fourth-order valence-electron chi connectivity index (χ4n) is 1.80. The average molecular weight is 297 g/mol. The largest absolute Gasteiger partial charge is 0.465 e. The lowest BCUT2D eigenvalue weighted by atomic mass is 10.1. The van der Waals surface area contributed by atoms with E-state index in [1.165, 1.54) is 0 Å². The van der Waals surface area contributed by atoms with Gasteiger partial charge >= 0.3 is 18.3 Å². The summed E-state index contributed by atoms with van der Waals surface area (Å²) in [6.45, 7) is -1.59. The van der Waals surface area contributed by atoms with E-state index in [0.717, 1.165) is 0 Å². The minimum atomic E-state index is -4.58. The first kappa shape index (κ1) is 16.1. The number of hydrogen-bond acceptors (Lipinski definition) is 3. The summed E-state index contributed by atoms with van der Waals surface area (Å²) in [7, 11) is 0. The number of alkyl halides is 3. The van der Waals surface area contributed by atoms with Crippen LogP contribution in [0.5, 0.6) is 0 Å². The van der Waals surface area contributed by atoms with Crippen LogP contribution in [-0.4, -0.2) is 53.3 Å². The Kier molecular flexibility index (Phi) is 5.17. The van der Waals surface area contributed by atoms with Crippen molar-refractivity contribution >= 4 is 18.0 Å². The average Bonchev–Trinajstić information content (AvgIpc) is 2.48. The molecule has 1 aliphatic heterocycles. The number of imide groups is 1. The van der Waals surface area contributed by atoms with Crippen LogP contribution in [0.15, 0.2) is 0 Å². The number of urea groups is 1. The first-order chi connectivity index (χ1) is 9.20. The minimum Gasteiger partial charge on any atom is -0.465 e. The van der Waals surface area contributed by atoms with Gasteiger partial charge in [0.2, 0.25) is 0 Å². The van der Waals surface area contributed by atoms with Crippen LogP contribution < -0.4 is 10.6 Å². The number of rotatable bonds is 2. The van der Waals surface area contributed by atoms with Gasteiger partial charge in [0.15, 0.2) is 0 Å². The monoisotopic (exact) mass is 297 g/mol. The molecule has 0 aromatic carbocycles. The Morgan fingerprint density at radius 2 is 2.00 bits per heavy atom. The molecule has 114 valence electrons. The van der Waals surface area contributed by atoms with Crippen molar-refractivity contribution in [3.8, 4) is 0 Å². The van der Waals surface area contributed by atoms with Crippen molar-refractivity contribution < 1.29 is 32.7 Å². The van der Waals surface area contributed by atoms with Gasteiger partial charge in [-0.3, -0.25) is 9.69 Å². The maximum atomic E-state index is 12.0. The standard InChI is InChI=1S/C10H14F3N3O4/c11-10(12,13)5-14-8(18)16-4-2-1-3-6(7(16)17)15-9(19)20/h6,15H,1-5H2,(H,14,18)(H,19,20)/t6-/m0/s1. The van der Waals surface area contributed by atoms with E-state index < -0.39 is 36.8 Å². The Labute approximate surface area is 112 Å². The number of hydrogen-bond donors (Lipinski definition) is 3. The molecule has 0 saturated carbocycles. The lowest BCUT2D eigenvalue weighted by Crippen LogP contribution is -2.53. The van der Waals surface area contributed by atoms with E-state index in [9.17, 15) is 27.6 Å². The third kappa shape index (κ3) is 4.94. The highest BCUT2D eigenvalue weighted by atomic mass is 19.4. The predicted molar refractivity (Wildman–Crippen MR) is 60.0 cm³/mol. The zero-order chi connectivity index (χ0) is 15.3. The highest BCUT2D eigenvalue weighted by molar-refractivity contribution is 5.98. The second-order valence-electron chi connectivity index (χ2n) is 4.26. The van der Waals surface area contributed by atoms with Gasteiger partial charge in [-0.15, -0.1) is 0 Å². The van der Waals surface area contributed by atoms with Crippen LogP contribution in [0.4, 0.5) is 22.8 Å². The molecule has 0 spiro atoms. The molecule has 4 amide bonds. The number of carboxylic acid groups (broad SMARTS) is 1. The van der Waals surface area contributed by atoms with Gasteiger partial charge in [-0.1, -0.05) is 0 Å². The van der Waals surface area contributed by atoms with Crippen molar-refractivity contribution in [2.45, 2.75) is 31.5 Å². The van der Waals surface area contributed by atoms with E-state index in [1.807, 2.05) is 5.32 Å².